The standard InChI is InChI=1S/C22H37N3O2/c26-21(10-7-17-4-1-2-5-17)24-14-11-20(12-15-24)25-13-3-6-18(16-25)22(27)23-19-8-9-19/h17-20H,1-16H2,(H,23,27)/t18-/m0/s1. The monoisotopic (exact) mass is 375 g/mol. The average molecular weight is 376 g/mol. The molecular formula is C22H37N3O2. The van der Waals surface area contributed by atoms with Gasteiger partial charge in [-0.05, 0) is 57.4 Å². The van der Waals surface area contributed by atoms with Crippen molar-refractivity contribution >= 4 is 11.8 Å². The summed E-state index contributed by atoms with van der Waals surface area (Å²) in [5, 5.41) is 3.19. The first-order valence-corrected chi connectivity index (χ1v) is 11.5. The lowest BCUT2D eigenvalue weighted by Crippen LogP contribution is -2.51. The Morgan fingerprint density at radius 3 is 2.30 bits per heavy atom. The number of piperidine rings is 2. The molecule has 1 atom stereocenters. The molecule has 0 aromatic rings. The van der Waals surface area contributed by atoms with Gasteiger partial charge in [-0.1, -0.05) is 25.7 Å². The summed E-state index contributed by atoms with van der Waals surface area (Å²) in [6.45, 7) is 3.85. The van der Waals surface area contributed by atoms with Crippen LogP contribution in [0.2, 0.25) is 0 Å². The Labute approximate surface area is 164 Å². The predicted octanol–water partition coefficient (Wildman–Crippen LogP) is 2.94. The Kier molecular flexibility index (Phi) is 6.36. The second-order valence-electron chi connectivity index (χ2n) is 9.42. The van der Waals surface area contributed by atoms with Gasteiger partial charge >= 0.3 is 0 Å². The van der Waals surface area contributed by atoms with E-state index in [1.165, 1.54) is 25.7 Å². The molecule has 2 heterocycles. The van der Waals surface area contributed by atoms with E-state index < -0.39 is 0 Å². The van der Waals surface area contributed by atoms with Crippen LogP contribution in [0.1, 0.15) is 77.0 Å². The zero-order valence-corrected chi connectivity index (χ0v) is 16.8. The van der Waals surface area contributed by atoms with Crippen molar-refractivity contribution in [2.45, 2.75) is 89.1 Å². The van der Waals surface area contributed by atoms with Crippen LogP contribution in [0.15, 0.2) is 0 Å². The molecule has 0 aromatic heterocycles. The van der Waals surface area contributed by atoms with Crippen LogP contribution >= 0.6 is 0 Å². The largest absolute Gasteiger partial charge is 0.353 e. The van der Waals surface area contributed by atoms with Gasteiger partial charge in [0.1, 0.15) is 0 Å². The predicted molar refractivity (Wildman–Crippen MR) is 106 cm³/mol. The van der Waals surface area contributed by atoms with Crippen LogP contribution in [0.5, 0.6) is 0 Å². The average Bonchev–Trinajstić information content (AvgIpc) is 3.37. The van der Waals surface area contributed by atoms with Gasteiger partial charge in [-0.3, -0.25) is 14.5 Å². The molecule has 0 radical (unpaired) electrons. The van der Waals surface area contributed by atoms with Gasteiger partial charge in [0, 0.05) is 38.1 Å². The fourth-order valence-electron chi connectivity index (χ4n) is 5.36. The Hall–Kier alpha value is -1.10. The molecular weight excluding hydrogens is 338 g/mol. The Morgan fingerprint density at radius 2 is 1.59 bits per heavy atom. The first kappa shape index (κ1) is 19.2. The number of likely N-dealkylation sites (tertiary alicyclic amines) is 2. The van der Waals surface area contributed by atoms with Gasteiger partial charge in [0.25, 0.3) is 0 Å². The number of amides is 2. The van der Waals surface area contributed by atoms with Crippen LogP contribution < -0.4 is 5.32 Å². The molecule has 4 rings (SSSR count). The highest BCUT2D eigenvalue weighted by atomic mass is 16.2. The quantitative estimate of drug-likeness (QED) is 0.777. The Balaban J connectivity index is 1.18. The van der Waals surface area contributed by atoms with Gasteiger partial charge < -0.3 is 10.2 Å². The molecule has 0 aromatic carbocycles. The SMILES string of the molecule is O=C(NC1CC1)[C@H]1CCCN(C2CCN(C(=O)CCC3CCCC3)CC2)C1. The second kappa shape index (κ2) is 8.93. The molecule has 1 N–H and O–H groups in total. The summed E-state index contributed by atoms with van der Waals surface area (Å²) >= 11 is 0. The van der Waals surface area contributed by atoms with Crippen molar-refractivity contribution in [1.82, 2.24) is 15.1 Å². The van der Waals surface area contributed by atoms with Crippen LogP contribution in [0.3, 0.4) is 0 Å². The molecule has 27 heavy (non-hydrogen) atoms. The number of hydrogen-bond donors (Lipinski definition) is 1. The van der Waals surface area contributed by atoms with Crippen molar-refractivity contribution in [3.63, 3.8) is 0 Å². The maximum absolute atomic E-state index is 12.5. The smallest absolute Gasteiger partial charge is 0.224 e. The minimum Gasteiger partial charge on any atom is -0.353 e. The summed E-state index contributed by atoms with van der Waals surface area (Å²) in [7, 11) is 0. The first-order chi connectivity index (χ1) is 13.2. The Bertz CT molecular complexity index is 520. The fourth-order valence-corrected chi connectivity index (χ4v) is 5.36. The van der Waals surface area contributed by atoms with Crippen LogP contribution in [0.25, 0.3) is 0 Å². The lowest BCUT2D eigenvalue weighted by Gasteiger charge is -2.42. The molecule has 0 bridgehead atoms. The summed E-state index contributed by atoms with van der Waals surface area (Å²) < 4.78 is 0. The minimum absolute atomic E-state index is 0.172. The van der Waals surface area contributed by atoms with Crippen LogP contribution in [0.4, 0.5) is 0 Å². The van der Waals surface area contributed by atoms with E-state index in [0.717, 1.165) is 83.5 Å². The van der Waals surface area contributed by atoms with E-state index in [1.54, 1.807) is 0 Å². The van der Waals surface area contributed by atoms with Crippen molar-refractivity contribution in [3.05, 3.63) is 0 Å². The number of carbonyl (C=O) groups is 2. The highest BCUT2D eigenvalue weighted by Gasteiger charge is 2.34. The van der Waals surface area contributed by atoms with Gasteiger partial charge in [-0.2, -0.15) is 0 Å². The molecule has 2 saturated heterocycles. The summed E-state index contributed by atoms with van der Waals surface area (Å²) in [5.74, 6) is 1.63. The lowest BCUT2D eigenvalue weighted by molar-refractivity contribution is -0.133. The fraction of sp³-hybridized carbons (Fsp3) is 0.909. The highest BCUT2D eigenvalue weighted by molar-refractivity contribution is 5.79. The van der Waals surface area contributed by atoms with Crippen molar-refractivity contribution in [1.29, 1.82) is 0 Å². The van der Waals surface area contributed by atoms with Gasteiger partial charge in [0.15, 0.2) is 0 Å². The maximum atomic E-state index is 12.5. The van der Waals surface area contributed by atoms with Gasteiger partial charge in [0.05, 0.1) is 5.92 Å². The molecule has 5 heteroatoms. The molecule has 152 valence electrons. The van der Waals surface area contributed by atoms with Crippen LogP contribution in [0, 0.1) is 11.8 Å². The molecule has 0 spiro atoms. The zero-order valence-electron chi connectivity index (χ0n) is 16.8. The number of hydrogen-bond acceptors (Lipinski definition) is 3. The number of nitrogens with zero attached hydrogens (tertiary/aromatic N) is 2. The summed E-state index contributed by atoms with van der Waals surface area (Å²) in [4.78, 5) is 29.6. The molecule has 2 saturated carbocycles. The van der Waals surface area contributed by atoms with Crippen molar-refractivity contribution in [2.75, 3.05) is 26.2 Å². The maximum Gasteiger partial charge on any atom is 0.224 e. The zero-order chi connectivity index (χ0) is 18.6. The molecule has 2 aliphatic heterocycles. The summed E-state index contributed by atoms with van der Waals surface area (Å²) in [5.41, 5.74) is 0. The topological polar surface area (TPSA) is 52.7 Å². The third kappa shape index (κ3) is 5.24. The summed E-state index contributed by atoms with van der Waals surface area (Å²) in [6.07, 6.45) is 13.9. The van der Waals surface area contributed by atoms with E-state index in [4.69, 9.17) is 0 Å². The molecule has 2 aliphatic carbocycles. The highest BCUT2D eigenvalue weighted by Crippen LogP contribution is 2.29. The van der Waals surface area contributed by atoms with E-state index in [9.17, 15) is 9.59 Å². The van der Waals surface area contributed by atoms with Gasteiger partial charge in [-0.25, -0.2) is 0 Å². The molecule has 4 fully saturated rings. The molecule has 4 aliphatic rings. The van der Waals surface area contributed by atoms with E-state index in [2.05, 4.69) is 15.1 Å². The van der Waals surface area contributed by atoms with Crippen molar-refractivity contribution < 1.29 is 9.59 Å². The number of carbonyl (C=O) groups excluding carboxylic acids is 2. The van der Waals surface area contributed by atoms with E-state index in [0.29, 0.717) is 18.0 Å². The lowest BCUT2D eigenvalue weighted by atomic mass is 9.93. The molecule has 2 amide bonds. The van der Waals surface area contributed by atoms with E-state index in [-0.39, 0.29) is 11.8 Å². The van der Waals surface area contributed by atoms with Crippen molar-refractivity contribution in [2.24, 2.45) is 11.8 Å². The molecule has 0 unspecified atom stereocenters. The summed E-state index contributed by atoms with van der Waals surface area (Å²) in [6, 6.07) is 1.02. The third-order valence-corrected chi connectivity index (χ3v) is 7.32. The number of rotatable bonds is 6. The van der Waals surface area contributed by atoms with Gasteiger partial charge in [0.2, 0.25) is 11.8 Å². The number of nitrogens with one attached hydrogen (secondary N) is 1. The normalized spacial score (nSPS) is 28.4. The molecule has 5 nitrogen and oxygen atoms in total. The van der Waals surface area contributed by atoms with E-state index >= 15 is 0 Å². The Morgan fingerprint density at radius 1 is 0.852 bits per heavy atom. The second-order valence-corrected chi connectivity index (χ2v) is 9.42. The first-order valence-electron chi connectivity index (χ1n) is 11.5. The van der Waals surface area contributed by atoms with Crippen LogP contribution in [-0.2, 0) is 9.59 Å². The van der Waals surface area contributed by atoms with Crippen molar-refractivity contribution in [3.8, 4) is 0 Å². The third-order valence-electron chi connectivity index (χ3n) is 7.32. The minimum atomic E-state index is 0.172. The van der Waals surface area contributed by atoms with E-state index in [1.807, 2.05) is 0 Å². The van der Waals surface area contributed by atoms with Gasteiger partial charge in [-0.15, -0.1) is 0 Å². The van der Waals surface area contributed by atoms with Crippen LogP contribution in [-0.4, -0.2) is 59.9 Å².